The van der Waals surface area contributed by atoms with E-state index < -0.39 is 74.1 Å². The largest absolute Gasteiger partial charge is 0.462 e. The van der Waals surface area contributed by atoms with Gasteiger partial charge in [0.15, 0.2) is 11.4 Å². The zero-order valence-corrected chi connectivity index (χ0v) is 23.9. The minimum Gasteiger partial charge on any atom is -0.462 e. The van der Waals surface area contributed by atoms with Crippen LogP contribution in [-0.2, 0) is 23.4 Å². The molecule has 1 aromatic heterocycles. The number of rotatable bonds is 12. The van der Waals surface area contributed by atoms with E-state index in [-0.39, 0.29) is 10.4 Å². The Morgan fingerprint density at radius 3 is 2.59 bits per heavy atom. The number of benzene rings is 1. The number of primary amides is 1. The first-order chi connectivity index (χ1) is 18.2. The zero-order chi connectivity index (χ0) is 29.0. The number of aliphatic hydroxyl groups excluding tert-OH is 1. The van der Waals surface area contributed by atoms with Crippen molar-refractivity contribution in [2.24, 2.45) is 5.73 Å². The number of nitrogens with one attached hydrogen (secondary N) is 1. The molecule has 0 saturated carbocycles. The Morgan fingerprint density at radius 1 is 1.31 bits per heavy atom. The van der Waals surface area contributed by atoms with Crippen LogP contribution in [0, 0.1) is 0 Å². The van der Waals surface area contributed by atoms with Gasteiger partial charge in [-0.1, -0.05) is 18.2 Å². The molecular formula is C23H29BrFN4O9P. The summed E-state index contributed by atoms with van der Waals surface area (Å²) in [6.45, 7) is 5.05. The summed E-state index contributed by atoms with van der Waals surface area (Å²) in [5, 5.41) is 13.1. The van der Waals surface area contributed by atoms with Gasteiger partial charge >= 0.3 is 13.7 Å². The Kier molecular flexibility index (Phi) is 10.0. The van der Waals surface area contributed by atoms with Gasteiger partial charge in [-0.25, -0.2) is 18.9 Å². The number of nitrogens with zero attached hydrogens (tertiary/aromatic N) is 2. The van der Waals surface area contributed by atoms with Crippen molar-refractivity contribution in [1.82, 2.24) is 15.1 Å². The highest BCUT2D eigenvalue weighted by molar-refractivity contribution is 9.10. The van der Waals surface area contributed by atoms with E-state index in [9.17, 15) is 19.3 Å². The van der Waals surface area contributed by atoms with Gasteiger partial charge in [-0.2, -0.15) is 5.09 Å². The molecule has 2 aromatic rings. The number of hydrogen-bond acceptors (Lipinski definition) is 11. The van der Waals surface area contributed by atoms with Crippen LogP contribution in [0.5, 0.6) is 11.6 Å². The van der Waals surface area contributed by atoms with E-state index in [2.05, 4.69) is 31.0 Å². The lowest BCUT2D eigenvalue weighted by Gasteiger charge is -2.25. The molecular weight excluding hydrogens is 606 g/mol. The van der Waals surface area contributed by atoms with Crippen LogP contribution in [0.4, 0.5) is 4.39 Å². The maximum absolute atomic E-state index is 15.5. The number of carbonyl (C=O) groups is 2. The van der Waals surface area contributed by atoms with Crippen molar-refractivity contribution in [3.8, 4) is 11.6 Å². The van der Waals surface area contributed by atoms with Crippen molar-refractivity contribution in [2.45, 2.75) is 64.0 Å². The molecule has 2 heterocycles. The second-order valence-electron chi connectivity index (χ2n) is 8.97. The van der Waals surface area contributed by atoms with Gasteiger partial charge in [0.25, 0.3) is 5.91 Å². The molecule has 16 heteroatoms. The number of hydrogen-bond donors (Lipinski definition) is 3. The molecule has 0 bridgehead atoms. The van der Waals surface area contributed by atoms with Crippen LogP contribution in [0.1, 0.15) is 38.2 Å². The third kappa shape index (κ3) is 7.93. The highest BCUT2D eigenvalue weighted by atomic mass is 79.9. The number of carbonyl (C=O) groups excluding carboxylic acids is 2. The van der Waals surface area contributed by atoms with E-state index in [1.807, 2.05) is 0 Å². The lowest BCUT2D eigenvalue weighted by atomic mass is 10.00. The molecule has 6 atom stereocenters. The van der Waals surface area contributed by atoms with Gasteiger partial charge in [-0.05, 0) is 55.8 Å². The molecule has 0 aliphatic carbocycles. The average Bonchev–Trinajstić information content (AvgIpc) is 3.06. The van der Waals surface area contributed by atoms with Crippen molar-refractivity contribution in [3.63, 3.8) is 0 Å². The number of amides is 1. The molecule has 1 amide bonds. The van der Waals surface area contributed by atoms with Crippen LogP contribution in [-0.4, -0.2) is 69.9 Å². The Labute approximate surface area is 232 Å². The molecule has 1 aliphatic heterocycles. The topological polar surface area (TPSA) is 181 Å². The van der Waals surface area contributed by atoms with Crippen LogP contribution in [0.15, 0.2) is 41.1 Å². The number of para-hydroxylation sites is 1. The average molecular weight is 635 g/mol. The third-order valence-corrected chi connectivity index (χ3v) is 7.31. The first-order valence-corrected chi connectivity index (χ1v) is 14.0. The SMILES string of the molecule is CC(C)OC(=O)C(C)NP(=O)(OC[C@H]1O[C@@H](Oc2ncc(Br)nc2C(N)=O)[C@](C)(F)[C@@H]1O)Oc1ccccc1. The summed E-state index contributed by atoms with van der Waals surface area (Å²) in [5.41, 5.74) is 2.36. The fourth-order valence-electron chi connectivity index (χ4n) is 3.35. The van der Waals surface area contributed by atoms with Gasteiger partial charge in [-0.15, -0.1) is 0 Å². The van der Waals surface area contributed by atoms with Crippen molar-refractivity contribution in [2.75, 3.05) is 6.61 Å². The van der Waals surface area contributed by atoms with E-state index >= 15 is 4.39 Å². The van der Waals surface area contributed by atoms with Gasteiger partial charge in [-0.3, -0.25) is 14.1 Å². The fourth-order valence-corrected chi connectivity index (χ4v) is 5.13. The van der Waals surface area contributed by atoms with E-state index in [0.717, 1.165) is 6.92 Å². The fraction of sp³-hybridized carbons (Fsp3) is 0.478. The summed E-state index contributed by atoms with van der Waals surface area (Å²) < 4.78 is 56.4. The molecule has 13 nitrogen and oxygen atoms in total. The van der Waals surface area contributed by atoms with E-state index in [1.165, 1.54) is 25.3 Å². The maximum Gasteiger partial charge on any atom is 0.459 e. The smallest absolute Gasteiger partial charge is 0.459 e. The van der Waals surface area contributed by atoms with Gasteiger partial charge in [0.2, 0.25) is 12.2 Å². The van der Waals surface area contributed by atoms with Crippen molar-refractivity contribution < 1.29 is 46.9 Å². The number of ether oxygens (including phenoxy) is 3. The second kappa shape index (κ2) is 12.7. The van der Waals surface area contributed by atoms with Crippen molar-refractivity contribution in [1.29, 1.82) is 0 Å². The maximum atomic E-state index is 15.5. The molecule has 4 N–H and O–H groups in total. The highest BCUT2D eigenvalue weighted by Crippen LogP contribution is 2.46. The van der Waals surface area contributed by atoms with Crippen molar-refractivity contribution in [3.05, 3.63) is 46.8 Å². The molecule has 2 unspecified atom stereocenters. The molecule has 1 fully saturated rings. The number of aromatic nitrogens is 2. The molecule has 214 valence electrons. The Hall–Kier alpha value is -2.68. The van der Waals surface area contributed by atoms with E-state index in [1.54, 1.807) is 32.0 Å². The molecule has 1 aliphatic rings. The summed E-state index contributed by atoms with van der Waals surface area (Å²) in [6, 6.07) is 6.85. The standard InChI is InChI=1S/C23H29BrFN4O9P/c1-12(2)35-21(32)13(3)29-39(33,38-14-8-6-5-7-9-14)34-11-15-18(30)23(4,25)22(36-15)37-20-17(19(26)31)28-16(24)10-27-20/h5-10,12-13,15,18,22,30H,11H2,1-4H3,(H2,26,31)(H,29,33)/t13?,15-,18-,22+,23-,39?/m1/s1. The molecule has 0 spiro atoms. The van der Waals surface area contributed by atoms with Gasteiger partial charge in [0, 0.05) is 0 Å². The molecule has 39 heavy (non-hydrogen) atoms. The summed E-state index contributed by atoms with van der Waals surface area (Å²) >= 11 is 3.05. The Balaban J connectivity index is 1.77. The number of alkyl halides is 1. The van der Waals surface area contributed by atoms with E-state index in [4.69, 9.17) is 29.0 Å². The minimum atomic E-state index is -4.32. The summed E-state index contributed by atoms with van der Waals surface area (Å²) in [4.78, 5) is 31.8. The quantitative estimate of drug-likeness (QED) is 0.230. The summed E-state index contributed by atoms with van der Waals surface area (Å²) in [5.74, 6) is -1.98. The molecule has 0 radical (unpaired) electrons. The van der Waals surface area contributed by atoms with E-state index in [0.29, 0.717) is 0 Å². The lowest BCUT2D eigenvalue weighted by Crippen LogP contribution is -2.44. The first-order valence-electron chi connectivity index (χ1n) is 11.7. The molecule has 1 aromatic carbocycles. The molecule has 1 saturated heterocycles. The summed E-state index contributed by atoms with van der Waals surface area (Å²) in [6.07, 6.45) is -4.27. The van der Waals surface area contributed by atoms with Crippen LogP contribution in [0.3, 0.4) is 0 Å². The predicted octanol–water partition coefficient (Wildman–Crippen LogP) is 2.66. The number of aliphatic hydroxyl groups is 1. The zero-order valence-electron chi connectivity index (χ0n) is 21.4. The van der Waals surface area contributed by atoms with Crippen LogP contribution in [0.25, 0.3) is 0 Å². The van der Waals surface area contributed by atoms with Crippen LogP contribution < -0.4 is 20.1 Å². The Morgan fingerprint density at radius 2 is 1.97 bits per heavy atom. The lowest BCUT2D eigenvalue weighted by molar-refractivity contribution is -0.149. The second-order valence-corrected chi connectivity index (χ2v) is 11.5. The summed E-state index contributed by atoms with van der Waals surface area (Å²) in [7, 11) is -4.32. The van der Waals surface area contributed by atoms with Crippen molar-refractivity contribution >= 4 is 35.6 Å². The van der Waals surface area contributed by atoms with Crippen LogP contribution in [0.2, 0.25) is 0 Å². The Bertz CT molecular complexity index is 1220. The third-order valence-electron chi connectivity index (χ3n) is 5.29. The number of nitrogens with two attached hydrogens (primary N) is 1. The first kappa shape index (κ1) is 30.9. The van der Waals surface area contributed by atoms with Crippen LogP contribution >= 0.6 is 23.7 Å². The highest BCUT2D eigenvalue weighted by Gasteiger charge is 2.56. The normalized spacial score (nSPS) is 25.1. The number of esters is 1. The van der Waals surface area contributed by atoms with Gasteiger partial charge < -0.3 is 29.6 Å². The monoisotopic (exact) mass is 634 g/mol. The minimum absolute atomic E-state index is 0.148. The predicted molar refractivity (Wildman–Crippen MR) is 138 cm³/mol. The number of halogens is 2. The van der Waals surface area contributed by atoms with Gasteiger partial charge in [0.05, 0.1) is 18.9 Å². The van der Waals surface area contributed by atoms with Gasteiger partial charge in [0.1, 0.15) is 28.6 Å². The molecule has 3 rings (SSSR count).